The normalized spacial score (nSPS) is 15.1. The van der Waals surface area contributed by atoms with Crippen molar-refractivity contribution >= 4 is 35.0 Å². The topological polar surface area (TPSA) is 66.5 Å². The van der Waals surface area contributed by atoms with E-state index in [0.717, 1.165) is 12.0 Å². The molecule has 0 unspecified atom stereocenters. The minimum atomic E-state index is -0.258. The van der Waals surface area contributed by atoms with Gasteiger partial charge in [-0.3, -0.25) is 14.4 Å². The fourth-order valence-electron chi connectivity index (χ4n) is 4.90. The maximum Gasteiger partial charge on any atom is 0.255 e. The van der Waals surface area contributed by atoms with Crippen LogP contribution in [0.15, 0.2) is 103 Å². The molecule has 1 heterocycles. The van der Waals surface area contributed by atoms with E-state index in [1.54, 1.807) is 48.2 Å². The SMILES string of the molecule is CC(C)(C)c1ccc(C(=O)c2cccc(NC(=O)c3ccc([C@@H]4SCC(=O)N4CCc4ccccc4)cc3)c2)cc1. The number of ketones is 1. The molecule has 2 amide bonds. The Bertz CT molecular complexity index is 1540. The summed E-state index contributed by atoms with van der Waals surface area (Å²) in [6, 6.07) is 32.3. The fraction of sp³-hybridized carbons (Fsp3) is 0.229. The van der Waals surface area contributed by atoms with Crippen LogP contribution in [0.3, 0.4) is 0 Å². The Labute approximate surface area is 246 Å². The lowest BCUT2D eigenvalue weighted by Gasteiger charge is -2.24. The lowest BCUT2D eigenvalue weighted by atomic mass is 9.86. The van der Waals surface area contributed by atoms with Crippen molar-refractivity contribution in [2.45, 2.75) is 38.0 Å². The molecule has 1 aliphatic rings. The maximum absolute atomic E-state index is 13.1. The number of carbonyl (C=O) groups excluding carboxylic acids is 3. The molecule has 6 heteroatoms. The molecule has 0 saturated carbocycles. The van der Waals surface area contributed by atoms with Crippen molar-refractivity contribution < 1.29 is 14.4 Å². The molecule has 208 valence electrons. The Kier molecular flexibility index (Phi) is 8.41. The Morgan fingerprint density at radius 1 is 0.829 bits per heavy atom. The van der Waals surface area contributed by atoms with Gasteiger partial charge in [-0.1, -0.05) is 99.6 Å². The number of carbonyl (C=O) groups is 3. The lowest BCUT2D eigenvalue weighted by molar-refractivity contribution is -0.128. The molecule has 4 aromatic carbocycles. The summed E-state index contributed by atoms with van der Waals surface area (Å²) in [7, 11) is 0. The molecule has 0 radical (unpaired) electrons. The maximum atomic E-state index is 13.1. The molecule has 1 atom stereocenters. The van der Waals surface area contributed by atoms with Gasteiger partial charge in [0.25, 0.3) is 5.91 Å². The summed E-state index contributed by atoms with van der Waals surface area (Å²) in [6.45, 7) is 7.07. The van der Waals surface area contributed by atoms with Gasteiger partial charge < -0.3 is 10.2 Å². The predicted octanol–water partition coefficient (Wildman–Crippen LogP) is 7.28. The van der Waals surface area contributed by atoms with E-state index in [-0.39, 0.29) is 28.4 Å². The Morgan fingerprint density at radius 2 is 1.51 bits per heavy atom. The van der Waals surface area contributed by atoms with Crippen molar-refractivity contribution in [2.24, 2.45) is 0 Å². The Balaban J connectivity index is 1.23. The third kappa shape index (κ3) is 6.77. The summed E-state index contributed by atoms with van der Waals surface area (Å²) in [5.41, 5.74) is 5.56. The van der Waals surface area contributed by atoms with Crippen LogP contribution >= 0.6 is 11.8 Å². The van der Waals surface area contributed by atoms with Crippen molar-refractivity contribution in [1.82, 2.24) is 4.90 Å². The standard InChI is InChI=1S/C35H34N2O3S/c1-35(2,3)29-18-16-25(17-19-29)32(39)28-10-7-11-30(22-28)36-33(40)26-12-14-27(15-13-26)34-37(31(38)23-41-34)21-20-24-8-5-4-6-9-24/h4-19,22,34H,20-21,23H2,1-3H3,(H,36,40)/t34-/m0/s1. The quantitative estimate of drug-likeness (QED) is 0.229. The average Bonchev–Trinajstić information content (AvgIpc) is 3.36. The second kappa shape index (κ2) is 12.1. The van der Waals surface area contributed by atoms with Crippen LogP contribution in [0.5, 0.6) is 0 Å². The van der Waals surface area contributed by atoms with E-state index in [0.29, 0.717) is 34.7 Å². The van der Waals surface area contributed by atoms with Crippen molar-refractivity contribution in [3.05, 3.63) is 137 Å². The monoisotopic (exact) mass is 562 g/mol. The predicted molar refractivity (Wildman–Crippen MR) is 166 cm³/mol. The van der Waals surface area contributed by atoms with E-state index in [2.05, 4.69) is 38.2 Å². The van der Waals surface area contributed by atoms with Gasteiger partial charge in [-0.25, -0.2) is 0 Å². The molecule has 41 heavy (non-hydrogen) atoms. The van der Waals surface area contributed by atoms with Crippen molar-refractivity contribution in [3.8, 4) is 0 Å². The Morgan fingerprint density at radius 3 is 2.20 bits per heavy atom. The van der Waals surface area contributed by atoms with E-state index >= 15 is 0 Å². The van der Waals surface area contributed by atoms with Gasteiger partial charge in [-0.2, -0.15) is 0 Å². The zero-order valence-corrected chi connectivity index (χ0v) is 24.4. The summed E-state index contributed by atoms with van der Waals surface area (Å²) >= 11 is 1.61. The van der Waals surface area contributed by atoms with Gasteiger partial charge in [0.15, 0.2) is 5.78 Å². The molecule has 1 aliphatic heterocycles. The molecule has 1 fully saturated rings. The van der Waals surface area contributed by atoms with E-state index < -0.39 is 0 Å². The smallest absolute Gasteiger partial charge is 0.255 e. The van der Waals surface area contributed by atoms with Crippen LogP contribution in [0, 0.1) is 0 Å². The highest BCUT2D eigenvalue weighted by molar-refractivity contribution is 8.00. The average molecular weight is 563 g/mol. The minimum Gasteiger partial charge on any atom is -0.326 e. The van der Waals surface area contributed by atoms with Gasteiger partial charge in [0.1, 0.15) is 5.37 Å². The van der Waals surface area contributed by atoms with E-state index in [9.17, 15) is 14.4 Å². The molecule has 0 aromatic heterocycles. The molecular weight excluding hydrogens is 528 g/mol. The van der Waals surface area contributed by atoms with E-state index in [4.69, 9.17) is 0 Å². The van der Waals surface area contributed by atoms with Gasteiger partial charge in [0.05, 0.1) is 5.75 Å². The molecule has 0 spiro atoms. The molecular formula is C35H34N2O3S. The minimum absolute atomic E-state index is 0.0130. The fourth-order valence-corrected chi connectivity index (χ4v) is 6.11. The number of hydrogen-bond acceptors (Lipinski definition) is 4. The molecule has 0 aliphatic carbocycles. The van der Waals surface area contributed by atoms with Crippen LogP contribution in [0.25, 0.3) is 0 Å². The molecule has 5 nitrogen and oxygen atoms in total. The number of benzene rings is 4. The number of thioether (sulfide) groups is 1. The first-order valence-electron chi connectivity index (χ1n) is 13.8. The van der Waals surface area contributed by atoms with Crippen LogP contribution in [-0.2, 0) is 16.6 Å². The number of hydrogen-bond donors (Lipinski definition) is 1. The first kappa shape index (κ1) is 28.4. The summed E-state index contributed by atoms with van der Waals surface area (Å²) in [4.78, 5) is 40.7. The summed E-state index contributed by atoms with van der Waals surface area (Å²) < 4.78 is 0. The number of rotatable bonds is 8. The van der Waals surface area contributed by atoms with Crippen LogP contribution in [-0.4, -0.2) is 34.8 Å². The number of nitrogens with zero attached hydrogens (tertiary/aromatic N) is 1. The summed E-state index contributed by atoms with van der Waals surface area (Å²) in [5.74, 6) is 0.243. The number of nitrogens with one attached hydrogen (secondary N) is 1. The third-order valence-electron chi connectivity index (χ3n) is 7.31. The zero-order chi connectivity index (χ0) is 29.0. The van der Waals surface area contributed by atoms with E-state index in [1.165, 1.54) is 11.1 Å². The van der Waals surface area contributed by atoms with E-state index in [1.807, 2.05) is 59.5 Å². The van der Waals surface area contributed by atoms with Gasteiger partial charge in [0, 0.05) is 28.9 Å². The van der Waals surface area contributed by atoms with Crippen molar-refractivity contribution in [2.75, 3.05) is 17.6 Å². The third-order valence-corrected chi connectivity index (χ3v) is 8.56. The lowest BCUT2D eigenvalue weighted by Crippen LogP contribution is -2.30. The largest absolute Gasteiger partial charge is 0.326 e. The number of anilines is 1. The first-order valence-corrected chi connectivity index (χ1v) is 14.9. The van der Waals surface area contributed by atoms with Gasteiger partial charge in [0.2, 0.25) is 5.91 Å². The highest BCUT2D eigenvalue weighted by atomic mass is 32.2. The van der Waals surface area contributed by atoms with Gasteiger partial charge in [-0.05, 0) is 52.8 Å². The molecule has 4 aromatic rings. The Hall–Kier alpha value is -4.16. The van der Waals surface area contributed by atoms with Crippen molar-refractivity contribution in [3.63, 3.8) is 0 Å². The van der Waals surface area contributed by atoms with Crippen LogP contribution in [0.1, 0.15) is 69.1 Å². The number of amides is 2. The highest BCUT2D eigenvalue weighted by Gasteiger charge is 2.32. The summed E-state index contributed by atoms with van der Waals surface area (Å²) in [6.07, 6.45) is 0.800. The zero-order valence-electron chi connectivity index (χ0n) is 23.6. The highest BCUT2D eigenvalue weighted by Crippen LogP contribution is 2.38. The molecule has 1 N–H and O–H groups in total. The second-order valence-corrected chi connectivity index (χ2v) is 12.4. The molecule has 0 bridgehead atoms. The summed E-state index contributed by atoms with van der Waals surface area (Å²) in [5, 5.41) is 2.85. The second-order valence-electron chi connectivity index (χ2n) is 11.3. The van der Waals surface area contributed by atoms with Crippen molar-refractivity contribution in [1.29, 1.82) is 0 Å². The van der Waals surface area contributed by atoms with Crippen LogP contribution in [0.2, 0.25) is 0 Å². The molecule has 5 rings (SSSR count). The van der Waals surface area contributed by atoms with Crippen LogP contribution < -0.4 is 5.32 Å². The van der Waals surface area contributed by atoms with Gasteiger partial charge >= 0.3 is 0 Å². The van der Waals surface area contributed by atoms with Crippen LogP contribution in [0.4, 0.5) is 5.69 Å². The molecule has 1 saturated heterocycles. The van der Waals surface area contributed by atoms with Gasteiger partial charge in [-0.15, -0.1) is 11.8 Å². The first-order chi connectivity index (χ1) is 19.7.